The van der Waals surface area contributed by atoms with Crippen LogP contribution in [-0.2, 0) is 19.1 Å². The van der Waals surface area contributed by atoms with Crippen molar-refractivity contribution in [2.75, 3.05) is 18.5 Å². The van der Waals surface area contributed by atoms with Crippen molar-refractivity contribution in [2.45, 2.75) is 6.42 Å². The average molecular weight is 498 g/mol. The number of thioether (sulfide) groups is 1. The molecule has 2 aromatic carbocycles. The van der Waals surface area contributed by atoms with Gasteiger partial charge in [0.1, 0.15) is 4.32 Å². The molecule has 0 aliphatic carbocycles. The number of carbonyl (C=O) groups excluding carboxylic acids is 3. The molecule has 1 fully saturated rings. The van der Waals surface area contributed by atoms with Gasteiger partial charge >= 0.3 is 5.97 Å². The van der Waals surface area contributed by atoms with E-state index in [1.54, 1.807) is 12.2 Å². The minimum Gasteiger partial charge on any atom is -0.456 e. The van der Waals surface area contributed by atoms with Gasteiger partial charge in [0.05, 0.1) is 16.2 Å². The van der Waals surface area contributed by atoms with Crippen LogP contribution in [0.3, 0.4) is 0 Å². The summed E-state index contributed by atoms with van der Waals surface area (Å²) in [6, 6.07) is 15.0. The molecule has 0 radical (unpaired) electrons. The van der Waals surface area contributed by atoms with Gasteiger partial charge in [0.15, 0.2) is 6.61 Å². The number of allylic oxidation sites excluding steroid dienone is 2. The van der Waals surface area contributed by atoms with Crippen LogP contribution in [-0.4, -0.2) is 45.1 Å². The summed E-state index contributed by atoms with van der Waals surface area (Å²) in [4.78, 5) is 48.5. The molecule has 0 bridgehead atoms. The lowest BCUT2D eigenvalue weighted by atomic mass is 10.2. The number of nitro groups is 1. The van der Waals surface area contributed by atoms with Crippen LogP contribution < -0.4 is 5.32 Å². The number of rotatable bonds is 9. The van der Waals surface area contributed by atoms with Gasteiger partial charge in [-0.3, -0.25) is 29.4 Å². The second-order valence-corrected chi connectivity index (χ2v) is 8.57. The Morgan fingerprint density at radius 3 is 2.68 bits per heavy atom. The molecule has 1 aliphatic rings. The second kappa shape index (κ2) is 11.9. The lowest BCUT2D eigenvalue weighted by molar-refractivity contribution is -0.384. The Kier molecular flexibility index (Phi) is 8.66. The number of ether oxygens (including phenoxy) is 1. The van der Waals surface area contributed by atoms with E-state index in [0.29, 0.717) is 9.23 Å². The number of nitrogens with zero attached hydrogens (tertiary/aromatic N) is 2. The number of nitrogens with one attached hydrogen (secondary N) is 1. The Hall–Kier alpha value is -3.83. The van der Waals surface area contributed by atoms with Crippen molar-refractivity contribution < 1.29 is 24.0 Å². The molecule has 0 unspecified atom stereocenters. The number of nitro benzene ring substituents is 1. The van der Waals surface area contributed by atoms with Gasteiger partial charge in [-0.05, 0) is 17.7 Å². The Morgan fingerprint density at radius 2 is 1.94 bits per heavy atom. The van der Waals surface area contributed by atoms with Gasteiger partial charge < -0.3 is 10.1 Å². The standard InChI is InChI=1S/C23H19N3O6S2/c27-20(24-17-9-5-10-18(14-17)26(30)31)15-32-21(28)12-13-25-22(29)19(34-23(25)33)11-4-8-16-6-2-1-3-7-16/h1-11,14H,12-13,15H2,(H,24,27)/b8-4+,19-11+. The van der Waals surface area contributed by atoms with Crippen molar-refractivity contribution in [3.8, 4) is 0 Å². The van der Waals surface area contributed by atoms with E-state index in [4.69, 9.17) is 17.0 Å². The molecule has 0 saturated carbocycles. The number of hydrogen-bond donors (Lipinski definition) is 1. The fourth-order valence-electron chi connectivity index (χ4n) is 2.83. The third kappa shape index (κ3) is 7.09. The van der Waals surface area contributed by atoms with Crippen LogP contribution in [0, 0.1) is 10.1 Å². The van der Waals surface area contributed by atoms with Crippen LogP contribution >= 0.6 is 24.0 Å². The summed E-state index contributed by atoms with van der Waals surface area (Å²) in [5, 5.41) is 13.2. The molecule has 1 N–H and O–H groups in total. The van der Waals surface area contributed by atoms with Gasteiger partial charge in [0.2, 0.25) is 0 Å². The van der Waals surface area contributed by atoms with Crippen LogP contribution in [0.2, 0.25) is 0 Å². The first-order valence-electron chi connectivity index (χ1n) is 10.0. The highest BCUT2D eigenvalue weighted by Crippen LogP contribution is 2.31. The zero-order valence-corrected chi connectivity index (χ0v) is 19.3. The third-order valence-electron chi connectivity index (χ3n) is 4.45. The summed E-state index contributed by atoms with van der Waals surface area (Å²) < 4.78 is 5.26. The van der Waals surface area contributed by atoms with Crippen molar-refractivity contribution in [1.82, 2.24) is 4.90 Å². The molecular formula is C23H19N3O6S2. The maximum absolute atomic E-state index is 12.6. The maximum Gasteiger partial charge on any atom is 0.308 e. The number of carbonyl (C=O) groups is 3. The van der Waals surface area contributed by atoms with E-state index in [1.165, 1.54) is 29.2 Å². The molecule has 3 rings (SSSR count). The summed E-state index contributed by atoms with van der Waals surface area (Å²) >= 11 is 6.38. The lowest BCUT2D eigenvalue weighted by Gasteiger charge is -2.13. The molecule has 11 heteroatoms. The van der Waals surface area contributed by atoms with E-state index >= 15 is 0 Å². The number of benzene rings is 2. The zero-order valence-electron chi connectivity index (χ0n) is 17.7. The second-order valence-electron chi connectivity index (χ2n) is 6.89. The number of anilines is 1. The molecule has 0 aromatic heterocycles. The molecule has 2 amide bonds. The van der Waals surface area contributed by atoms with Crippen molar-refractivity contribution >= 4 is 63.5 Å². The molecule has 0 atom stereocenters. The molecule has 1 saturated heterocycles. The SMILES string of the molecule is O=C(COC(=O)CCN1C(=O)/C(=C\C=C\c2ccccc2)SC1=S)Nc1cccc([N+](=O)[O-])c1. The van der Waals surface area contributed by atoms with Gasteiger partial charge in [-0.2, -0.15) is 0 Å². The number of hydrogen-bond acceptors (Lipinski definition) is 8. The first-order chi connectivity index (χ1) is 16.3. The minimum absolute atomic E-state index is 0.0236. The van der Waals surface area contributed by atoms with E-state index in [0.717, 1.165) is 17.3 Å². The third-order valence-corrected chi connectivity index (χ3v) is 5.85. The van der Waals surface area contributed by atoms with Gasteiger partial charge in [-0.1, -0.05) is 72.5 Å². The normalized spacial score (nSPS) is 14.6. The Balaban J connectivity index is 1.44. The Morgan fingerprint density at radius 1 is 1.18 bits per heavy atom. The lowest BCUT2D eigenvalue weighted by Crippen LogP contribution is -2.31. The number of thiocarbonyl (C=S) groups is 1. The number of esters is 1. The predicted molar refractivity (Wildman–Crippen MR) is 133 cm³/mol. The highest BCUT2D eigenvalue weighted by atomic mass is 32.2. The summed E-state index contributed by atoms with van der Waals surface area (Å²) in [6.07, 6.45) is 5.14. The van der Waals surface area contributed by atoms with Crippen molar-refractivity contribution in [3.63, 3.8) is 0 Å². The number of non-ortho nitro benzene ring substituents is 1. The maximum atomic E-state index is 12.6. The molecule has 1 aliphatic heterocycles. The zero-order chi connectivity index (χ0) is 24.5. The average Bonchev–Trinajstić information content (AvgIpc) is 3.09. The van der Waals surface area contributed by atoms with Crippen molar-refractivity contribution in [1.29, 1.82) is 0 Å². The van der Waals surface area contributed by atoms with E-state index in [2.05, 4.69) is 5.32 Å². The number of amides is 2. The summed E-state index contributed by atoms with van der Waals surface area (Å²) in [5.74, 6) is -1.63. The highest BCUT2D eigenvalue weighted by Gasteiger charge is 2.31. The van der Waals surface area contributed by atoms with Crippen LogP contribution in [0.4, 0.5) is 11.4 Å². The van der Waals surface area contributed by atoms with Crippen LogP contribution in [0.15, 0.2) is 71.7 Å². The molecule has 174 valence electrons. The Bertz CT molecular complexity index is 1180. The van der Waals surface area contributed by atoms with E-state index < -0.39 is 23.4 Å². The molecule has 34 heavy (non-hydrogen) atoms. The summed E-state index contributed by atoms with van der Waals surface area (Å²) in [6.45, 7) is -0.542. The first-order valence-corrected chi connectivity index (χ1v) is 11.2. The fourth-order valence-corrected chi connectivity index (χ4v) is 4.09. The monoisotopic (exact) mass is 497 g/mol. The molecule has 1 heterocycles. The van der Waals surface area contributed by atoms with Crippen molar-refractivity contribution in [3.05, 3.63) is 87.3 Å². The Labute approximate surface area is 204 Å². The smallest absolute Gasteiger partial charge is 0.308 e. The highest BCUT2D eigenvalue weighted by molar-refractivity contribution is 8.26. The van der Waals surface area contributed by atoms with E-state index in [1.807, 2.05) is 36.4 Å². The predicted octanol–water partition coefficient (Wildman–Crippen LogP) is 3.92. The first kappa shape index (κ1) is 24.8. The molecule has 9 nitrogen and oxygen atoms in total. The summed E-state index contributed by atoms with van der Waals surface area (Å²) in [7, 11) is 0. The molecular weight excluding hydrogens is 478 g/mol. The molecule has 2 aromatic rings. The van der Waals surface area contributed by atoms with E-state index in [9.17, 15) is 24.5 Å². The van der Waals surface area contributed by atoms with Gasteiger partial charge in [0, 0.05) is 24.4 Å². The minimum atomic E-state index is -0.684. The van der Waals surface area contributed by atoms with Crippen LogP contribution in [0.25, 0.3) is 6.08 Å². The van der Waals surface area contributed by atoms with Gasteiger partial charge in [0.25, 0.3) is 17.5 Å². The van der Waals surface area contributed by atoms with Crippen LogP contribution in [0.5, 0.6) is 0 Å². The molecule has 0 spiro atoms. The summed E-state index contributed by atoms with van der Waals surface area (Å²) in [5.41, 5.74) is 1.02. The topological polar surface area (TPSA) is 119 Å². The van der Waals surface area contributed by atoms with Gasteiger partial charge in [-0.15, -0.1) is 0 Å². The van der Waals surface area contributed by atoms with Crippen LogP contribution in [0.1, 0.15) is 12.0 Å². The van der Waals surface area contributed by atoms with E-state index in [-0.39, 0.29) is 30.2 Å². The largest absolute Gasteiger partial charge is 0.456 e. The van der Waals surface area contributed by atoms with Gasteiger partial charge in [-0.25, -0.2) is 0 Å². The quantitative estimate of drug-likeness (QED) is 0.182. The fraction of sp³-hybridized carbons (Fsp3) is 0.130. The van der Waals surface area contributed by atoms with Crippen molar-refractivity contribution in [2.24, 2.45) is 0 Å².